The smallest absolute Gasteiger partial charge is 0.233 e. The standard InChI is InChI=1S/C20H23N7O2/c1-3-27(4-2)20-25-18(22-12-14-6-5-9-21-11-14)24-19(26-20)23-15-7-8-16-17(10-15)29-13-28-16/h5-11H,3-4,12-13H2,1-2H3,(H2,22,23,24,25,26). The topological polar surface area (TPSA) is 97.3 Å². The minimum atomic E-state index is 0.235. The van der Waals surface area contributed by atoms with E-state index >= 15 is 0 Å². The average molecular weight is 393 g/mol. The highest BCUT2D eigenvalue weighted by Crippen LogP contribution is 2.34. The lowest BCUT2D eigenvalue weighted by atomic mass is 10.3. The van der Waals surface area contributed by atoms with Gasteiger partial charge in [-0.2, -0.15) is 15.0 Å². The second-order valence-electron chi connectivity index (χ2n) is 6.36. The molecule has 4 rings (SSSR count). The second kappa shape index (κ2) is 8.59. The Balaban J connectivity index is 1.58. The molecule has 9 nitrogen and oxygen atoms in total. The summed E-state index contributed by atoms with van der Waals surface area (Å²) >= 11 is 0. The number of anilines is 4. The van der Waals surface area contributed by atoms with Crippen molar-refractivity contribution in [2.24, 2.45) is 0 Å². The zero-order chi connectivity index (χ0) is 20.1. The Kier molecular flexibility index (Phi) is 5.55. The Morgan fingerprint density at radius 1 is 1.00 bits per heavy atom. The van der Waals surface area contributed by atoms with Crippen LogP contribution in [0.25, 0.3) is 0 Å². The summed E-state index contributed by atoms with van der Waals surface area (Å²) in [6, 6.07) is 9.53. The highest BCUT2D eigenvalue weighted by Gasteiger charge is 2.15. The van der Waals surface area contributed by atoms with Crippen LogP contribution in [0.5, 0.6) is 11.5 Å². The summed E-state index contributed by atoms with van der Waals surface area (Å²) in [5.74, 6) is 2.99. The van der Waals surface area contributed by atoms with E-state index in [4.69, 9.17) is 9.47 Å². The fourth-order valence-corrected chi connectivity index (χ4v) is 2.93. The summed E-state index contributed by atoms with van der Waals surface area (Å²) in [6.07, 6.45) is 3.56. The van der Waals surface area contributed by atoms with Gasteiger partial charge in [-0.25, -0.2) is 0 Å². The lowest BCUT2D eigenvalue weighted by molar-refractivity contribution is 0.174. The number of pyridine rings is 1. The van der Waals surface area contributed by atoms with Crippen molar-refractivity contribution >= 4 is 23.5 Å². The van der Waals surface area contributed by atoms with Crippen LogP contribution < -0.4 is 25.0 Å². The fraction of sp³-hybridized carbons (Fsp3) is 0.300. The van der Waals surface area contributed by atoms with Crippen LogP contribution in [-0.2, 0) is 6.54 Å². The van der Waals surface area contributed by atoms with Gasteiger partial charge in [-0.05, 0) is 37.6 Å². The van der Waals surface area contributed by atoms with Crippen molar-refractivity contribution in [2.75, 3.05) is 35.4 Å². The first-order chi connectivity index (χ1) is 14.2. The van der Waals surface area contributed by atoms with Crippen molar-refractivity contribution < 1.29 is 9.47 Å². The molecule has 0 spiro atoms. The van der Waals surface area contributed by atoms with Crippen molar-refractivity contribution in [1.82, 2.24) is 19.9 Å². The normalized spacial score (nSPS) is 11.9. The lowest BCUT2D eigenvalue weighted by Crippen LogP contribution is -2.25. The van der Waals surface area contributed by atoms with Crippen LogP contribution in [0.2, 0.25) is 0 Å². The predicted molar refractivity (Wildman–Crippen MR) is 111 cm³/mol. The molecule has 150 valence electrons. The van der Waals surface area contributed by atoms with Gasteiger partial charge >= 0.3 is 0 Å². The maximum absolute atomic E-state index is 5.44. The van der Waals surface area contributed by atoms with E-state index in [1.54, 1.807) is 6.20 Å². The summed E-state index contributed by atoms with van der Waals surface area (Å²) in [4.78, 5) is 19.9. The Morgan fingerprint density at radius 2 is 1.83 bits per heavy atom. The first kappa shape index (κ1) is 18.7. The van der Waals surface area contributed by atoms with E-state index in [0.717, 1.165) is 30.1 Å². The molecule has 2 N–H and O–H groups in total. The summed E-state index contributed by atoms with van der Waals surface area (Å²) < 4.78 is 10.8. The van der Waals surface area contributed by atoms with E-state index in [9.17, 15) is 0 Å². The summed E-state index contributed by atoms with van der Waals surface area (Å²) in [5.41, 5.74) is 1.85. The highest BCUT2D eigenvalue weighted by atomic mass is 16.7. The van der Waals surface area contributed by atoms with E-state index in [1.807, 2.05) is 36.5 Å². The third-order valence-electron chi connectivity index (χ3n) is 4.47. The molecule has 0 saturated heterocycles. The van der Waals surface area contributed by atoms with Crippen LogP contribution in [0, 0.1) is 0 Å². The van der Waals surface area contributed by atoms with Crippen molar-refractivity contribution in [3.05, 3.63) is 48.3 Å². The number of nitrogens with one attached hydrogen (secondary N) is 2. The monoisotopic (exact) mass is 393 g/mol. The van der Waals surface area contributed by atoms with E-state index in [0.29, 0.717) is 30.1 Å². The van der Waals surface area contributed by atoms with Crippen LogP contribution in [0.3, 0.4) is 0 Å². The SMILES string of the molecule is CCN(CC)c1nc(NCc2cccnc2)nc(Nc2ccc3c(c2)OCO3)n1. The van der Waals surface area contributed by atoms with Crippen LogP contribution in [0.4, 0.5) is 23.5 Å². The fourth-order valence-electron chi connectivity index (χ4n) is 2.93. The van der Waals surface area contributed by atoms with Crippen LogP contribution in [0.15, 0.2) is 42.7 Å². The first-order valence-electron chi connectivity index (χ1n) is 9.55. The van der Waals surface area contributed by atoms with E-state index in [2.05, 4.69) is 49.3 Å². The van der Waals surface area contributed by atoms with Gasteiger partial charge in [-0.15, -0.1) is 0 Å². The lowest BCUT2D eigenvalue weighted by Gasteiger charge is -2.20. The molecule has 1 aliphatic heterocycles. The largest absolute Gasteiger partial charge is 0.454 e. The molecule has 1 aliphatic rings. The third kappa shape index (κ3) is 4.45. The van der Waals surface area contributed by atoms with Crippen LogP contribution in [-0.4, -0.2) is 39.8 Å². The molecule has 0 radical (unpaired) electrons. The zero-order valence-corrected chi connectivity index (χ0v) is 16.4. The highest BCUT2D eigenvalue weighted by molar-refractivity contribution is 5.61. The van der Waals surface area contributed by atoms with Gasteiger partial charge in [0.25, 0.3) is 0 Å². The Hall–Kier alpha value is -3.62. The van der Waals surface area contributed by atoms with Gasteiger partial charge in [0.2, 0.25) is 24.6 Å². The number of nitrogens with zero attached hydrogens (tertiary/aromatic N) is 5. The van der Waals surface area contributed by atoms with Crippen LogP contribution in [0.1, 0.15) is 19.4 Å². The van der Waals surface area contributed by atoms with Crippen molar-refractivity contribution in [1.29, 1.82) is 0 Å². The van der Waals surface area contributed by atoms with Gasteiger partial charge in [0.1, 0.15) is 0 Å². The van der Waals surface area contributed by atoms with Crippen LogP contribution >= 0.6 is 0 Å². The Morgan fingerprint density at radius 3 is 2.62 bits per heavy atom. The number of hydrogen-bond donors (Lipinski definition) is 2. The molecule has 3 aromatic rings. The molecule has 3 heterocycles. The maximum Gasteiger partial charge on any atom is 0.233 e. The quantitative estimate of drug-likeness (QED) is 0.598. The van der Waals surface area contributed by atoms with Crippen molar-refractivity contribution in [3.63, 3.8) is 0 Å². The van der Waals surface area contributed by atoms with Gasteiger partial charge in [0, 0.05) is 43.8 Å². The number of hydrogen-bond acceptors (Lipinski definition) is 9. The van der Waals surface area contributed by atoms with E-state index in [1.165, 1.54) is 0 Å². The van der Waals surface area contributed by atoms with Gasteiger partial charge in [0.05, 0.1) is 0 Å². The van der Waals surface area contributed by atoms with Crippen molar-refractivity contribution in [3.8, 4) is 11.5 Å². The molecule has 0 amide bonds. The Labute approximate surface area is 169 Å². The molecular formula is C20H23N7O2. The van der Waals surface area contributed by atoms with Gasteiger partial charge in [-0.3, -0.25) is 4.98 Å². The maximum atomic E-state index is 5.44. The molecule has 29 heavy (non-hydrogen) atoms. The van der Waals surface area contributed by atoms with Crippen molar-refractivity contribution in [2.45, 2.75) is 20.4 Å². The van der Waals surface area contributed by atoms with Gasteiger partial charge in [-0.1, -0.05) is 6.07 Å². The average Bonchev–Trinajstić information content (AvgIpc) is 3.22. The van der Waals surface area contributed by atoms with E-state index in [-0.39, 0.29) is 6.79 Å². The zero-order valence-electron chi connectivity index (χ0n) is 16.4. The third-order valence-corrected chi connectivity index (χ3v) is 4.47. The summed E-state index contributed by atoms with van der Waals surface area (Å²) in [6.45, 7) is 6.54. The molecule has 9 heteroatoms. The second-order valence-corrected chi connectivity index (χ2v) is 6.36. The first-order valence-corrected chi connectivity index (χ1v) is 9.55. The summed E-state index contributed by atoms with van der Waals surface area (Å²) in [5, 5.41) is 6.50. The Bertz CT molecular complexity index is 964. The molecule has 0 unspecified atom stereocenters. The van der Waals surface area contributed by atoms with Gasteiger partial charge in [0.15, 0.2) is 11.5 Å². The number of benzene rings is 1. The molecule has 2 aromatic heterocycles. The molecule has 0 fully saturated rings. The minimum absolute atomic E-state index is 0.235. The number of aromatic nitrogens is 4. The molecule has 0 saturated carbocycles. The molecule has 1 aromatic carbocycles. The molecular weight excluding hydrogens is 370 g/mol. The van der Waals surface area contributed by atoms with E-state index < -0.39 is 0 Å². The molecule has 0 bridgehead atoms. The summed E-state index contributed by atoms with van der Waals surface area (Å²) in [7, 11) is 0. The number of ether oxygens (including phenoxy) is 2. The molecule has 0 aliphatic carbocycles. The number of rotatable bonds is 8. The van der Waals surface area contributed by atoms with Gasteiger partial charge < -0.3 is 25.0 Å². The number of fused-ring (bicyclic) bond motifs is 1. The minimum Gasteiger partial charge on any atom is -0.454 e. The molecule has 0 atom stereocenters. The predicted octanol–water partition coefficient (Wildman–Crippen LogP) is 3.20.